The van der Waals surface area contributed by atoms with Crippen LogP contribution >= 0.6 is 22.6 Å². The van der Waals surface area contributed by atoms with E-state index in [0.717, 1.165) is 3.57 Å². The van der Waals surface area contributed by atoms with Crippen molar-refractivity contribution >= 4 is 39.9 Å². The molecule has 0 aliphatic rings. The summed E-state index contributed by atoms with van der Waals surface area (Å²) in [6.07, 6.45) is 0. The van der Waals surface area contributed by atoms with Gasteiger partial charge in [-0.15, -0.1) is 0 Å². The Labute approximate surface area is 140 Å². The Kier molecular flexibility index (Phi) is 5.21. The molecule has 0 aliphatic carbocycles. The van der Waals surface area contributed by atoms with E-state index in [0.29, 0.717) is 16.8 Å². The summed E-state index contributed by atoms with van der Waals surface area (Å²) in [5, 5.41) is 14.6. The third kappa shape index (κ3) is 3.88. The smallest absolute Gasteiger partial charge is 0.267 e. The summed E-state index contributed by atoms with van der Waals surface area (Å²) in [7, 11) is 0. The molecule has 0 fully saturated rings. The quantitative estimate of drug-likeness (QED) is 0.364. The average molecular weight is 409 g/mol. The lowest BCUT2D eigenvalue weighted by Crippen LogP contribution is -2.20. The van der Waals surface area contributed by atoms with Crippen molar-refractivity contribution < 1.29 is 9.72 Å². The number of rotatable bonds is 4. The number of nitro groups is 1. The maximum Gasteiger partial charge on any atom is 0.272 e. The standard InChI is InChI=1S/C15H12IN3O3/c1-10(11-6-8-12(9-7-11)19(21)22)17-18-15(20)13-4-2-3-5-14(13)16/h2-9H,1H3,(H,18,20)/b17-10+. The lowest BCUT2D eigenvalue weighted by Gasteiger charge is -2.04. The van der Waals surface area contributed by atoms with Gasteiger partial charge in [0.2, 0.25) is 0 Å². The molecule has 7 heteroatoms. The average Bonchev–Trinajstić information content (AvgIpc) is 2.52. The highest BCUT2D eigenvalue weighted by Gasteiger charge is 2.09. The zero-order chi connectivity index (χ0) is 16.1. The van der Waals surface area contributed by atoms with E-state index in [1.54, 1.807) is 31.2 Å². The van der Waals surface area contributed by atoms with Crippen molar-refractivity contribution in [2.45, 2.75) is 6.92 Å². The Morgan fingerprint density at radius 3 is 2.41 bits per heavy atom. The molecule has 112 valence electrons. The fraction of sp³-hybridized carbons (Fsp3) is 0.0667. The number of carbonyl (C=O) groups excluding carboxylic acids is 1. The predicted molar refractivity (Wildman–Crippen MR) is 91.9 cm³/mol. The van der Waals surface area contributed by atoms with E-state index in [9.17, 15) is 14.9 Å². The summed E-state index contributed by atoms with van der Waals surface area (Å²) < 4.78 is 0.834. The summed E-state index contributed by atoms with van der Waals surface area (Å²) in [6, 6.07) is 13.2. The van der Waals surface area contributed by atoms with Gasteiger partial charge in [-0.05, 0) is 59.3 Å². The van der Waals surface area contributed by atoms with Gasteiger partial charge in [0, 0.05) is 15.7 Å². The molecule has 0 radical (unpaired) electrons. The van der Waals surface area contributed by atoms with E-state index in [4.69, 9.17) is 0 Å². The predicted octanol–water partition coefficient (Wildman–Crippen LogP) is 3.35. The van der Waals surface area contributed by atoms with Gasteiger partial charge < -0.3 is 0 Å². The highest BCUT2D eigenvalue weighted by Crippen LogP contribution is 2.13. The first-order valence-corrected chi connectivity index (χ1v) is 7.41. The molecule has 0 unspecified atom stereocenters. The zero-order valence-corrected chi connectivity index (χ0v) is 13.8. The highest BCUT2D eigenvalue weighted by molar-refractivity contribution is 14.1. The van der Waals surface area contributed by atoms with Crippen molar-refractivity contribution in [1.82, 2.24) is 5.43 Å². The number of amides is 1. The maximum absolute atomic E-state index is 12.0. The normalized spacial score (nSPS) is 11.1. The molecule has 0 spiro atoms. The van der Waals surface area contributed by atoms with Crippen LogP contribution in [0, 0.1) is 13.7 Å². The summed E-state index contributed by atoms with van der Waals surface area (Å²) in [5.41, 5.74) is 4.31. The summed E-state index contributed by atoms with van der Waals surface area (Å²) >= 11 is 2.08. The van der Waals surface area contributed by atoms with Crippen molar-refractivity contribution in [3.05, 3.63) is 73.3 Å². The van der Waals surface area contributed by atoms with Crippen LogP contribution in [0.4, 0.5) is 5.69 Å². The molecule has 0 aromatic heterocycles. The Bertz CT molecular complexity index is 742. The van der Waals surface area contributed by atoms with Gasteiger partial charge in [-0.1, -0.05) is 12.1 Å². The fourth-order valence-electron chi connectivity index (χ4n) is 1.73. The second-order valence-electron chi connectivity index (χ2n) is 4.42. The van der Waals surface area contributed by atoms with E-state index in [1.165, 1.54) is 12.1 Å². The van der Waals surface area contributed by atoms with E-state index in [2.05, 4.69) is 33.1 Å². The number of benzene rings is 2. The van der Waals surface area contributed by atoms with Crippen molar-refractivity contribution in [3.8, 4) is 0 Å². The second-order valence-corrected chi connectivity index (χ2v) is 5.58. The van der Waals surface area contributed by atoms with Crippen LogP contribution < -0.4 is 5.43 Å². The Morgan fingerprint density at radius 2 is 1.82 bits per heavy atom. The molecule has 6 nitrogen and oxygen atoms in total. The van der Waals surface area contributed by atoms with Crippen molar-refractivity contribution in [2.24, 2.45) is 5.10 Å². The van der Waals surface area contributed by atoms with E-state index >= 15 is 0 Å². The Morgan fingerprint density at radius 1 is 1.18 bits per heavy atom. The van der Waals surface area contributed by atoms with Gasteiger partial charge >= 0.3 is 0 Å². The number of nitrogens with one attached hydrogen (secondary N) is 1. The first kappa shape index (κ1) is 16.1. The van der Waals surface area contributed by atoms with E-state index in [1.807, 2.05) is 12.1 Å². The minimum absolute atomic E-state index is 0.0134. The monoisotopic (exact) mass is 409 g/mol. The van der Waals surface area contributed by atoms with Gasteiger partial charge in [-0.3, -0.25) is 14.9 Å². The topological polar surface area (TPSA) is 84.6 Å². The number of nitro benzene ring substituents is 1. The lowest BCUT2D eigenvalue weighted by atomic mass is 10.1. The zero-order valence-electron chi connectivity index (χ0n) is 11.6. The minimum Gasteiger partial charge on any atom is -0.267 e. The van der Waals surface area contributed by atoms with Gasteiger partial charge in [0.15, 0.2) is 0 Å². The molecule has 0 aliphatic heterocycles. The summed E-state index contributed by atoms with van der Waals surface area (Å²) in [5.74, 6) is -0.300. The molecular formula is C15H12IN3O3. The van der Waals surface area contributed by atoms with Crippen LogP contribution in [-0.4, -0.2) is 16.5 Å². The second kappa shape index (κ2) is 7.12. The van der Waals surface area contributed by atoms with E-state index < -0.39 is 4.92 Å². The maximum atomic E-state index is 12.0. The van der Waals surface area contributed by atoms with Crippen LogP contribution in [0.3, 0.4) is 0 Å². The van der Waals surface area contributed by atoms with Gasteiger partial charge in [0.1, 0.15) is 0 Å². The molecule has 0 atom stereocenters. The number of hydrogen-bond acceptors (Lipinski definition) is 4. The SMILES string of the molecule is C/C(=N\NC(=O)c1ccccc1I)c1ccc([N+](=O)[O-])cc1. The molecule has 0 heterocycles. The number of halogens is 1. The van der Waals surface area contributed by atoms with Crippen LogP contribution in [-0.2, 0) is 0 Å². The lowest BCUT2D eigenvalue weighted by molar-refractivity contribution is -0.384. The summed E-state index contributed by atoms with van der Waals surface area (Å²) in [4.78, 5) is 22.2. The molecule has 2 aromatic carbocycles. The first-order valence-electron chi connectivity index (χ1n) is 6.33. The van der Waals surface area contributed by atoms with Crippen LogP contribution in [0.15, 0.2) is 53.6 Å². The number of hydrazone groups is 1. The van der Waals surface area contributed by atoms with Gasteiger partial charge in [-0.25, -0.2) is 5.43 Å². The molecular weight excluding hydrogens is 397 g/mol. The van der Waals surface area contributed by atoms with Crippen molar-refractivity contribution in [3.63, 3.8) is 0 Å². The molecule has 2 aromatic rings. The number of hydrogen-bond donors (Lipinski definition) is 1. The number of carbonyl (C=O) groups is 1. The molecule has 0 bridgehead atoms. The fourth-order valence-corrected chi connectivity index (χ4v) is 2.36. The van der Waals surface area contributed by atoms with Crippen LogP contribution in [0.1, 0.15) is 22.8 Å². The van der Waals surface area contributed by atoms with E-state index in [-0.39, 0.29) is 11.6 Å². The van der Waals surface area contributed by atoms with Gasteiger partial charge in [0.05, 0.1) is 16.2 Å². The first-order chi connectivity index (χ1) is 10.5. The summed E-state index contributed by atoms with van der Waals surface area (Å²) in [6.45, 7) is 1.72. The molecule has 22 heavy (non-hydrogen) atoms. The van der Waals surface area contributed by atoms with Crippen LogP contribution in [0.25, 0.3) is 0 Å². The van der Waals surface area contributed by atoms with Crippen molar-refractivity contribution in [1.29, 1.82) is 0 Å². The highest BCUT2D eigenvalue weighted by atomic mass is 127. The Hall–Kier alpha value is -2.29. The third-order valence-electron chi connectivity index (χ3n) is 2.94. The molecule has 1 amide bonds. The number of non-ortho nitro benzene ring substituents is 1. The molecule has 0 saturated heterocycles. The minimum atomic E-state index is -0.463. The van der Waals surface area contributed by atoms with Crippen LogP contribution in [0.5, 0.6) is 0 Å². The van der Waals surface area contributed by atoms with Crippen molar-refractivity contribution in [2.75, 3.05) is 0 Å². The molecule has 1 N–H and O–H groups in total. The Balaban J connectivity index is 2.11. The van der Waals surface area contributed by atoms with Gasteiger partial charge in [0.25, 0.3) is 11.6 Å². The number of nitrogens with zero attached hydrogens (tertiary/aromatic N) is 2. The molecule has 0 saturated carbocycles. The third-order valence-corrected chi connectivity index (χ3v) is 3.88. The largest absolute Gasteiger partial charge is 0.272 e. The molecule has 2 rings (SSSR count). The van der Waals surface area contributed by atoms with Crippen LogP contribution in [0.2, 0.25) is 0 Å². The van der Waals surface area contributed by atoms with Gasteiger partial charge in [-0.2, -0.15) is 5.10 Å².